The molecule has 0 aromatic heterocycles. The molecule has 0 aromatic rings. The number of aliphatic carboxylic acids is 3. The van der Waals surface area contributed by atoms with Crippen LogP contribution in [0, 0.1) is 0 Å². The van der Waals surface area contributed by atoms with E-state index in [1.54, 1.807) is 0 Å². The van der Waals surface area contributed by atoms with Crippen LogP contribution in [-0.4, -0.2) is 82.6 Å². The number of hydrogen-bond acceptors (Lipinski definition) is 7. The quantitative estimate of drug-likeness (QED) is 0.296. The van der Waals surface area contributed by atoms with Gasteiger partial charge in [0.1, 0.15) is 0 Å². The monoisotopic (exact) mass is 312 g/mol. The maximum atomic E-state index is 10.7. The average Bonchev–Trinajstić information content (AvgIpc) is 2.38. The second kappa shape index (κ2) is 12.0. The molecule has 0 radical (unpaired) electrons. The van der Waals surface area contributed by atoms with Gasteiger partial charge in [-0.1, -0.05) is 0 Å². The first-order chi connectivity index (χ1) is 9.75. The predicted octanol–water partition coefficient (Wildman–Crippen LogP) is -1.61. The van der Waals surface area contributed by atoms with Gasteiger partial charge >= 0.3 is 17.9 Å². The normalized spacial score (nSPS) is 10.4. The lowest BCUT2D eigenvalue weighted by molar-refractivity contribution is -0.174. The molecule has 124 valence electrons. The summed E-state index contributed by atoms with van der Waals surface area (Å²) < 4.78 is 9.09. The highest BCUT2D eigenvalue weighted by Gasteiger charge is 2.43. The third-order valence-electron chi connectivity index (χ3n) is 2.13. The van der Waals surface area contributed by atoms with Crippen molar-refractivity contribution in [1.82, 2.24) is 0 Å². The molecule has 0 atom stereocenters. The van der Waals surface area contributed by atoms with Crippen molar-refractivity contribution in [3.63, 3.8) is 0 Å². The Balaban J connectivity index is 0. The summed E-state index contributed by atoms with van der Waals surface area (Å²) in [5, 5.41) is 41.7. The molecule has 0 aliphatic rings. The Hall–Kier alpha value is -1.75. The summed E-state index contributed by atoms with van der Waals surface area (Å²) >= 11 is 0. The van der Waals surface area contributed by atoms with E-state index < -0.39 is 36.4 Å². The van der Waals surface area contributed by atoms with Crippen molar-refractivity contribution in [1.29, 1.82) is 0 Å². The Morgan fingerprint density at radius 3 is 1.48 bits per heavy atom. The lowest BCUT2D eigenvalue weighted by atomic mass is 9.95. The van der Waals surface area contributed by atoms with Crippen LogP contribution < -0.4 is 0 Å². The summed E-state index contributed by atoms with van der Waals surface area (Å²) in [6.07, 6.45) is -1.80. The number of hydrogen-bond donors (Lipinski definition) is 5. The molecule has 10 heteroatoms. The number of aliphatic hydroxyl groups excluding tert-OH is 2. The standard InChI is InChI=1S/C7H10O7.C4H10O3/c1-14-7(6(12)13,2-4(8)9)3-5(10)11;5-1-3-7-4-2-6/h2-3H2,1H3,(H,8,9)(H,10,11)(H,12,13);5-6H,1-4H2. The van der Waals surface area contributed by atoms with Crippen molar-refractivity contribution >= 4 is 17.9 Å². The van der Waals surface area contributed by atoms with E-state index in [1.165, 1.54) is 0 Å². The van der Waals surface area contributed by atoms with Gasteiger partial charge < -0.3 is 35.0 Å². The average molecular weight is 312 g/mol. The van der Waals surface area contributed by atoms with Gasteiger partial charge in [0.05, 0.1) is 39.3 Å². The highest BCUT2D eigenvalue weighted by molar-refractivity contribution is 5.88. The number of ether oxygens (including phenoxy) is 2. The fourth-order valence-electron chi connectivity index (χ4n) is 1.17. The SMILES string of the molecule is COC(CC(=O)O)(CC(=O)O)C(=O)O.OCCOCCO. The van der Waals surface area contributed by atoms with Gasteiger partial charge in [-0.3, -0.25) is 9.59 Å². The van der Waals surface area contributed by atoms with E-state index in [1.807, 2.05) is 0 Å². The highest BCUT2D eigenvalue weighted by Crippen LogP contribution is 2.20. The number of aliphatic hydroxyl groups is 2. The summed E-state index contributed by atoms with van der Waals surface area (Å²) in [6, 6.07) is 0. The van der Waals surface area contributed by atoms with E-state index in [0.29, 0.717) is 13.2 Å². The molecule has 0 rings (SSSR count). The lowest BCUT2D eigenvalue weighted by Crippen LogP contribution is -2.44. The zero-order valence-corrected chi connectivity index (χ0v) is 11.5. The minimum absolute atomic E-state index is 0.0278. The molecule has 0 spiro atoms. The maximum absolute atomic E-state index is 10.7. The van der Waals surface area contributed by atoms with Gasteiger partial charge in [-0.2, -0.15) is 0 Å². The van der Waals surface area contributed by atoms with Crippen LogP contribution >= 0.6 is 0 Å². The van der Waals surface area contributed by atoms with Crippen LogP contribution in [-0.2, 0) is 23.9 Å². The molecule has 0 saturated carbocycles. The van der Waals surface area contributed by atoms with Crippen LogP contribution in [0.3, 0.4) is 0 Å². The summed E-state index contributed by atoms with van der Waals surface area (Å²) in [4.78, 5) is 31.3. The van der Waals surface area contributed by atoms with Gasteiger partial charge in [0.25, 0.3) is 0 Å². The first kappa shape index (κ1) is 21.5. The Morgan fingerprint density at radius 2 is 1.29 bits per heavy atom. The molecular weight excluding hydrogens is 292 g/mol. The number of carbonyl (C=O) groups is 3. The molecule has 0 bridgehead atoms. The topological polar surface area (TPSA) is 171 Å². The van der Waals surface area contributed by atoms with E-state index in [4.69, 9.17) is 25.5 Å². The first-order valence-corrected chi connectivity index (χ1v) is 5.77. The molecule has 0 aliphatic heterocycles. The second-order valence-corrected chi connectivity index (χ2v) is 3.70. The molecule has 0 heterocycles. The molecule has 0 fully saturated rings. The number of carboxylic acids is 3. The van der Waals surface area contributed by atoms with Crippen LogP contribution in [0.1, 0.15) is 12.8 Å². The largest absolute Gasteiger partial charge is 0.481 e. The van der Waals surface area contributed by atoms with Crippen LogP contribution in [0.25, 0.3) is 0 Å². The highest BCUT2D eigenvalue weighted by atomic mass is 16.5. The molecule has 0 unspecified atom stereocenters. The lowest BCUT2D eigenvalue weighted by Gasteiger charge is -2.23. The number of methoxy groups -OCH3 is 1. The Bertz CT molecular complexity index is 307. The van der Waals surface area contributed by atoms with Crippen molar-refractivity contribution in [2.24, 2.45) is 0 Å². The third kappa shape index (κ3) is 10.7. The van der Waals surface area contributed by atoms with Crippen LogP contribution in [0.5, 0.6) is 0 Å². The molecule has 10 nitrogen and oxygen atoms in total. The van der Waals surface area contributed by atoms with Gasteiger partial charge in [-0.25, -0.2) is 4.79 Å². The van der Waals surface area contributed by atoms with E-state index in [9.17, 15) is 14.4 Å². The summed E-state index contributed by atoms with van der Waals surface area (Å²) in [5.74, 6) is -4.48. The van der Waals surface area contributed by atoms with E-state index in [-0.39, 0.29) is 13.2 Å². The first-order valence-electron chi connectivity index (χ1n) is 5.77. The Kier molecular flexibility index (Phi) is 12.3. The molecule has 21 heavy (non-hydrogen) atoms. The second-order valence-electron chi connectivity index (χ2n) is 3.70. The molecular formula is C11H20O10. The van der Waals surface area contributed by atoms with Gasteiger partial charge in [0.2, 0.25) is 0 Å². The Morgan fingerprint density at radius 1 is 0.905 bits per heavy atom. The molecule has 0 amide bonds. The third-order valence-corrected chi connectivity index (χ3v) is 2.13. The van der Waals surface area contributed by atoms with Crippen molar-refractivity contribution in [2.75, 3.05) is 33.5 Å². The zero-order chi connectivity index (χ0) is 16.9. The minimum Gasteiger partial charge on any atom is -0.481 e. The van der Waals surface area contributed by atoms with E-state index in [2.05, 4.69) is 9.47 Å². The smallest absolute Gasteiger partial charge is 0.337 e. The van der Waals surface area contributed by atoms with Crippen LogP contribution in [0.15, 0.2) is 0 Å². The van der Waals surface area contributed by atoms with E-state index >= 15 is 0 Å². The van der Waals surface area contributed by atoms with Crippen LogP contribution in [0.4, 0.5) is 0 Å². The number of rotatable bonds is 10. The fourth-order valence-corrected chi connectivity index (χ4v) is 1.17. The molecule has 0 aliphatic carbocycles. The summed E-state index contributed by atoms with van der Waals surface area (Å²) in [6.45, 7) is 0.696. The van der Waals surface area contributed by atoms with Crippen molar-refractivity contribution in [3.8, 4) is 0 Å². The van der Waals surface area contributed by atoms with Crippen molar-refractivity contribution < 1.29 is 49.4 Å². The fraction of sp³-hybridized carbons (Fsp3) is 0.727. The van der Waals surface area contributed by atoms with Gasteiger partial charge in [0, 0.05) is 7.11 Å². The summed E-state index contributed by atoms with van der Waals surface area (Å²) in [7, 11) is 0.958. The van der Waals surface area contributed by atoms with E-state index in [0.717, 1.165) is 7.11 Å². The summed E-state index contributed by atoms with van der Waals surface area (Å²) in [5.41, 5.74) is -2.20. The van der Waals surface area contributed by atoms with Crippen molar-refractivity contribution in [2.45, 2.75) is 18.4 Å². The van der Waals surface area contributed by atoms with Gasteiger partial charge in [-0.15, -0.1) is 0 Å². The minimum atomic E-state index is -2.20. The molecule has 0 saturated heterocycles. The van der Waals surface area contributed by atoms with Gasteiger partial charge in [0.15, 0.2) is 5.60 Å². The number of carboxylic acid groups (broad SMARTS) is 3. The van der Waals surface area contributed by atoms with Gasteiger partial charge in [-0.05, 0) is 0 Å². The zero-order valence-electron chi connectivity index (χ0n) is 11.5. The molecule has 5 N–H and O–H groups in total. The van der Waals surface area contributed by atoms with Crippen molar-refractivity contribution in [3.05, 3.63) is 0 Å². The predicted molar refractivity (Wildman–Crippen MR) is 66.9 cm³/mol. The molecule has 0 aromatic carbocycles. The maximum Gasteiger partial charge on any atom is 0.337 e. The van der Waals surface area contributed by atoms with Crippen LogP contribution in [0.2, 0.25) is 0 Å². The Labute approximate surface area is 120 Å².